The van der Waals surface area contributed by atoms with Gasteiger partial charge >= 0.3 is 5.97 Å². The minimum atomic E-state index is -0.827. The molecule has 0 aromatic heterocycles. The minimum Gasteiger partial charge on any atom is -0.507 e. The SMILES string of the molecule is N#CCN(C(=O)COC(=O)c1cc(Br)ccc1O)c1ccccc1. The van der Waals surface area contributed by atoms with Crippen LogP contribution in [0.2, 0.25) is 0 Å². The van der Waals surface area contributed by atoms with E-state index in [9.17, 15) is 14.7 Å². The molecule has 2 aromatic carbocycles. The Labute approximate surface area is 147 Å². The highest BCUT2D eigenvalue weighted by Gasteiger charge is 2.19. The van der Waals surface area contributed by atoms with Gasteiger partial charge in [-0.3, -0.25) is 9.69 Å². The number of ether oxygens (including phenoxy) is 1. The summed E-state index contributed by atoms with van der Waals surface area (Å²) < 4.78 is 5.55. The summed E-state index contributed by atoms with van der Waals surface area (Å²) in [7, 11) is 0. The van der Waals surface area contributed by atoms with E-state index in [0.29, 0.717) is 10.2 Å². The van der Waals surface area contributed by atoms with Gasteiger partial charge in [-0.25, -0.2) is 4.79 Å². The van der Waals surface area contributed by atoms with Crippen molar-refractivity contribution in [3.05, 3.63) is 58.6 Å². The van der Waals surface area contributed by atoms with E-state index in [1.165, 1.54) is 17.0 Å². The van der Waals surface area contributed by atoms with Gasteiger partial charge in [0, 0.05) is 10.2 Å². The Bertz CT molecular complexity index is 787. The third-order valence-electron chi connectivity index (χ3n) is 3.10. The van der Waals surface area contributed by atoms with E-state index in [4.69, 9.17) is 10.00 Å². The molecule has 7 heteroatoms. The molecule has 0 spiro atoms. The molecule has 0 aliphatic heterocycles. The van der Waals surface area contributed by atoms with Crippen LogP contribution in [0.3, 0.4) is 0 Å². The van der Waals surface area contributed by atoms with Crippen LogP contribution in [-0.4, -0.2) is 30.1 Å². The van der Waals surface area contributed by atoms with Gasteiger partial charge < -0.3 is 9.84 Å². The lowest BCUT2D eigenvalue weighted by molar-refractivity contribution is -0.121. The number of esters is 1. The average molecular weight is 389 g/mol. The van der Waals surface area contributed by atoms with Crippen LogP contribution in [0.1, 0.15) is 10.4 Å². The normalized spacial score (nSPS) is 9.83. The van der Waals surface area contributed by atoms with Crippen molar-refractivity contribution in [3.8, 4) is 11.8 Å². The second kappa shape index (κ2) is 8.13. The van der Waals surface area contributed by atoms with Crippen molar-refractivity contribution >= 4 is 33.5 Å². The number of halogens is 1. The summed E-state index contributed by atoms with van der Waals surface area (Å²) in [5, 5.41) is 18.6. The molecular formula is C17H13BrN2O4. The average Bonchev–Trinajstić information content (AvgIpc) is 2.60. The molecule has 0 saturated carbocycles. The van der Waals surface area contributed by atoms with Gasteiger partial charge in [-0.1, -0.05) is 34.1 Å². The highest BCUT2D eigenvalue weighted by Crippen LogP contribution is 2.22. The van der Waals surface area contributed by atoms with E-state index in [-0.39, 0.29) is 17.9 Å². The van der Waals surface area contributed by atoms with Crippen LogP contribution in [0, 0.1) is 11.3 Å². The first-order chi connectivity index (χ1) is 11.5. The molecule has 1 N–H and O–H groups in total. The number of hydrogen-bond donors (Lipinski definition) is 1. The number of carbonyl (C=O) groups is 2. The molecule has 0 atom stereocenters. The Hall–Kier alpha value is -2.85. The predicted octanol–water partition coefficient (Wildman–Crippen LogP) is 2.87. The van der Waals surface area contributed by atoms with Gasteiger partial charge in [0.1, 0.15) is 17.9 Å². The van der Waals surface area contributed by atoms with Crippen molar-refractivity contribution in [1.29, 1.82) is 5.26 Å². The first-order valence-electron chi connectivity index (χ1n) is 6.91. The number of anilines is 1. The van der Waals surface area contributed by atoms with E-state index in [0.717, 1.165) is 0 Å². The summed E-state index contributed by atoms with van der Waals surface area (Å²) in [5.41, 5.74) is 0.481. The molecular weight excluding hydrogens is 376 g/mol. The molecule has 6 nitrogen and oxygen atoms in total. The van der Waals surface area contributed by atoms with Crippen molar-refractivity contribution in [1.82, 2.24) is 0 Å². The number of benzene rings is 2. The Morgan fingerprint density at radius 1 is 1.21 bits per heavy atom. The molecule has 0 saturated heterocycles. The smallest absolute Gasteiger partial charge is 0.342 e. The highest BCUT2D eigenvalue weighted by atomic mass is 79.9. The number of carbonyl (C=O) groups excluding carboxylic acids is 2. The lowest BCUT2D eigenvalue weighted by Gasteiger charge is -2.19. The number of nitriles is 1. The predicted molar refractivity (Wildman–Crippen MR) is 90.5 cm³/mol. The topological polar surface area (TPSA) is 90.6 Å². The van der Waals surface area contributed by atoms with Crippen LogP contribution in [0.4, 0.5) is 5.69 Å². The van der Waals surface area contributed by atoms with Crippen LogP contribution in [0.25, 0.3) is 0 Å². The molecule has 0 aliphatic rings. The van der Waals surface area contributed by atoms with E-state index in [1.54, 1.807) is 36.4 Å². The van der Waals surface area contributed by atoms with Crippen LogP contribution in [0.15, 0.2) is 53.0 Å². The molecule has 122 valence electrons. The number of phenols is 1. The van der Waals surface area contributed by atoms with Crippen molar-refractivity contribution in [2.45, 2.75) is 0 Å². The maximum atomic E-state index is 12.2. The fraction of sp³-hybridized carbons (Fsp3) is 0.118. The highest BCUT2D eigenvalue weighted by molar-refractivity contribution is 9.10. The molecule has 0 aliphatic carbocycles. The third-order valence-corrected chi connectivity index (χ3v) is 3.60. The second-order valence-corrected chi connectivity index (χ2v) is 5.63. The molecule has 24 heavy (non-hydrogen) atoms. The van der Waals surface area contributed by atoms with Gasteiger partial charge in [-0.15, -0.1) is 0 Å². The Balaban J connectivity index is 2.07. The van der Waals surface area contributed by atoms with Gasteiger partial charge in [-0.2, -0.15) is 5.26 Å². The molecule has 1 amide bonds. The monoisotopic (exact) mass is 388 g/mol. The molecule has 0 heterocycles. The molecule has 2 rings (SSSR count). The Morgan fingerprint density at radius 2 is 1.92 bits per heavy atom. The fourth-order valence-electron chi connectivity index (χ4n) is 1.96. The summed E-state index contributed by atoms with van der Waals surface area (Å²) in [6, 6.07) is 14.8. The number of phenolic OH excluding ortho intramolecular Hbond substituents is 1. The van der Waals surface area contributed by atoms with Crippen molar-refractivity contribution in [2.75, 3.05) is 18.1 Å². The molecule has 0 bridgehead atoms. The molecule has 0 unspecified atom stereocenters. The summed E-state index contributed by atoms with van der Waals surface area (Å²) in [4.78, 5) is 25.5. The third kappa shape index (κ3) is 4.33. The fourth-order valence-corrected chi connectivity index (χ4v) is 2.32. The summed E-state index contributed by atoms with van der Waals surface area (Å²) in [5.74, 6) is -1.61. The van der Waals surface area contributed by atoms with Gasteiger partial charge in [0.05, 0.1) is 6.07 Å². The first-order valence-corrected chi connectivity index (χ1v) is 7.70. The first kappa shape index (κ1) is 17.5. The van der Waals surface area contributed by atoms with Crippen LogP contribution in [0.5, 0.6) is 5.75 Å². The van der Waals surface area contributed by atoms with Gasteiger partial charge in [-0.05, 0) is 30.3 Å². The summed E-state index contributed by atoms with van der Waals surface area (Å²) >= 11 is 3.19. The van der Waals surface area contributed by atoms with E-state index in [1.807, 2.05) is 6.07 Å². The zero-order valence-corrected chi connectivity index (χ0v) is 14.1. The largest absolute Gasteiger partial charge is 0.507 e. The summed E-state index contributed by atoms with van der Waals surface area (Å²) in [6.07, 6.45) is 0. The molecule has 0 radical (unpaired) electrons. The maximum Gasteiger partial charge on any atom is 0.342 e. The zero-order valence-electron chi connectivity index (χ0n) is 12.5. The maximum absolute atomic E-state index is 12.2. The zero-order chi connectivity index (χ0) is 17.5. The van der Waals surface area contributed by atoms with Crippen molar-refractivity contribution < 1.29 is 19.4 Å². The van der Waals surface area contributed by atoms with Crippen LogP contribution < -0.4 is 4.90 Å². The summed E-state index contributed by atoms with van der Waals surface area (Å²) in [6.45, 7) is -0.704. The van der Waals surface area contributed by atoms with E-state index < -0.39 is 18.5 Å². The lowest BCUT2D eigenvalue weighted by Crippen LogP contribution is -2.35. The van der Waals surface area contributed by atoms with Crippen LogP contribution >= 0.6 is 15.9 Å². The molecule has 2 aromatic rings. The lowest BCUT2D eigenvalue weighted by atomic mass is 10.2. The van der Waals surface area contributed by atoms with Gasteiger partial charge in [0.2, 0.25) is 0 Å². The van der Waals surface area contributed by atoms with Gasteiger partial charge in [0.15, 0.2) is 6.61 Å². The number of aromatic hydroxyl groups is 1. The van der Waals surface area contributed by atoms with E-state index >= 15 is 0 Å². The van der Waals surface area contributed by atoms with E-state index in [2.05, 4.69) is 15.9 Å². The number of para-hydroxylation sites is 1. The quantitative estimate of drug-likeness (QED) is 0.627. The van der Waals surface area contributed by atoms with Crippen molar-refractivity contribution in [2.24, 2.45) is 0 Å². The number of amides is 1. The van der Waals surface area contributed by atoms with Crippen molar-refractivity contribution in [3.63, 3.8) is 0 Å². The van der Waals surface area contributed by atoms with Crippen LogP contribution in [-0.2, 0) is 9.53 Å². The Morgan fingerprint density at radius 3 is 2.58 bits per heavy atom. The number of nitrogens with zero attached hydrogens (tertiary/aromatic N) is 2. The standard InChI is InChI=1S/C17H13BrN2O4/c18-12-6-7-15(21)14(10-12)17(23)24-11-16(22)20(9-8-19)13-4-2-1-3-5-13/h1-7,10,21H,9,11H2. The minimum absolute atomic E-state index is 0.0521. The number of rotatable bonds is 5. The molecule has 0 fully saturated rings. The Kier molecular flexibility index (Phi) is 5.93. The second-order valence-electron chi connectivity index (χ2n) is 4.71. The number of hydrogen-bond acceptors (Lipinski definition) is 5. The van der Waals surface area contributed by atoms with Gasteiger partial charge in [0.25, 0.3) is 5.91 Å².